The Labute approximate surface area is 174 Å². The monoisotopic (exact) mass is 416 g/mol. The molecular formula is C22H28N2O4S. The molecule has 156 valence electrons. The van der Waals surface area contributed by atoms with Crippen molar-refractivity contribution in [3.05, 3.63) is 55.1 Å². The molecule has 6 nitrogen and oxygen atoms in total. The van der Waals surface area contributed by atoms with Gasteiger partial charge in [0.1, 0.15) is 5.56 Å². The maximum atomic E-state index is 13.1. The lowest BCUT2D eigenvalue weighted by molar-refractivity contribution is -0.139. The van der Waals surface area contributed by atoms with E-state index in [0.717, 1.165) is 68.2 Å². The lowest BCUT2D eigenvalue weighted by Gasteiger charge is -2.21. The Bertz CT molecular complexity index is 918. The zero-order chi connectivity index (χ0) is 20.8. The SMILES string of the molecule is CCCCc1c2c([nH]c(=O)c1C(=O)NC(C(=O)O)c1cccs1)CCCCCC2. The van der Waals surface area contributed by atoms with E-state index in [4.69, 9.17) is 0 Å². The number of nitrogens with one attached hydrogen (secondary N) is 2. The van der Waals surface area contributed by atoms with Gasteiger partial charge in [0.15, 0.2) is 6.04 Å². The fourth-order valence-corrected chi connectivity index (χ4v) is 4.77. The van der Waals surface area contributed by atoms with E-state index < -0.39 is 23.5 Å². The summed E-state index contributed by atoms with van der Waals surface area (Å²) in [5.74, 6) is -1.75. The molecule has 1 amide bonds. The van der Waals surface area contributed by atoms with E-state index in [9.17, 15) is 19.5 Å². The summed E-state index contributed by atoms with van der Waals surface area (Å²) in [7, 11) is 0. The smallest absolute Gasteiger partial charge is 0.331 e. The van der Waals surface area contributed by atoms with Crippen LogP contribution >= 0.6 is 11.3 Å². The average Bonchev–Trinajstić information content (AvgIpc) is 3.19. The number of carbonyl (C=O) groups is 2. The van der Waals surface area contributed by atoms with Gasteiger partial charge >= 0.3 is 5.97 Å². The first-order valence-electron chi connectivity index (χ1n) is 10.4. The number of carbonyl (C=O) groups excluding carboxylic acids is 1. The molecule has 1 aliphatic rings. The third kappa shape index (κ3) is 4.96. The number of aliphatic carboxylic acids is 1. The number of H-pyrrole nitrogens is 1. The Hall–Kier alpha value is -2.41. The number of thiophene rings is 1. The van der Waals surface area contributed by atoms with Crippen LogP contribution in [0.25, 0.3) is 0 Å². The van der Waals surface area contributed by atoms with Gasteiger partial charge in [-0.15, -0.1) is 11.3 Å². The number of carboxylic acids is 1. The van der Waals surface area contributed by atoms with Gasteiger partial charge in [-0.3, -0.25) is 9.59 Å². The van der Waals surface area contributed by atoms with Crippen molar-refractivity contribution in [3.63, 3.8) is 0 Å². The first kappa shape index (κ1) is 21.3. The highest BCUT2D eigenvalue weighted by molar-refractivity contribution is 7.10. The number of hydrogen-bond donors (Lipinski definition) is 3. The molecule has 0 radical (unpaired) electrons. The van der Waals surface area contributed by atoms with E-state index in [-0.39, 0.29) is 5.56 Å². The van der Waals surface area contributed by atoms with Gasteiger partial charge in [-0.2, -0.15) is 0 Å². The van der Waals surface area contributed by atoms with Crippen LogP contribution in [0.5, 0.6) is 0 Å². The van der Waals surface area contributed by atoms with Gasteiger partial charge in [-0.05, 0) is 61.1 Å². The van der Waals surface area contributed by atoms with Crippen LogP contribution in [-0.2, 0) is 24.1 Å². The van der Waals surface area contributed by atoms with Crippen LogP contribution in [-0.4, -0.2) is 22.0 Å². The van der Waals surface area contributed by atoms with Crippen LogP contribution in [0.2, 0.25) is 0 Å². The number of aromatic nitrogens is 1. The molecule has 1 aliphatic carbocycles. The maximum absolute atomic E-state index is 13.1. The lowest BCUT2D eigenvalue weighted by atomic mass is 9.89. The number of hydrogen-bond acceptors (Lipinski definition) is 4. The molecule has 2 heterocycles. The summed E-state index contributed by atoms with van der Waals surface area (Å²) in [5, 5.41) is 13.9. The van der Waals surface area contributed by atoms with Gasteiger partial charge in [0.05, 0.1) is 0 Å². The van der Waals surface area contributed by atoms with Crippen LogP contribution in [0.3, 0.4) is 0 Å². The standard InChI is InChI=1S/C22H28N2O4S/c1-2-3-9-15-14-10-6-4-5-7-11-16(14)23-20(25)18(15)21(26)24-19(22(27)28)17-12-8-13-29-17/h8,12-13,19H,2-7,9-11H2,1H3,(H,23,25)(H,24,26)(H,27,28). The topological polar surface area (TPSA) is 99.3 Å². The van der Waals surface area contributed by atoms with E-state index in [2.05, 4.69) is 17.2 Å². The van der Waals surface area contributed by atoms with E-state index in [1.807, 2.05) is 0 Å². The fourth-order valence-electron chi connectivity index (χ4n) is 4.00. The molecule has 0 fully saturated rings. The molecule has 7 heteroatoms. The van der Waals surface area contributed by atoms with Crippen LogP contribution in [0, 0.1) is 0 Å². The molecule has 1 atom stereocenters. The molecule has 0 aromatic carbocycles. The summed E-state index contributed by atoms with van der Waals surface area (Å²) in [6.45, 7) is 2.08. The fraction of sp³-hybridized carbons (Fsp3) is 0.500. The molecule has 0 saturated carbocycles. The normalized spacial score (nSPS) is 15.1. The Balaban J connectivity index is 2.02. The average molecular weight is 417 g/mol. The van der Waals surface area contributed by atoms with Gasteiger partial charge in [-0.1, -0.05) is 32.3 Å². The molecule has 3 rings (SSSR count). The summed E-state index contributed by atoms with van der Waals surface area (Å²) in [6, 6.07) is 2.25. The Morgan fingerprint density at radius 1 is 1.24 bits per heavy atom. The van der Waals surface area contributed by atoms with Crippen molar-refractivity contribution in [1.29, 1.82) is 0 Å². The third-order valence-electron chi connectivity index (χ3n) is 5.48. The molecule has 0 spiro atoms. The minimum atomic E-state index is -1.16. The summed E-state index contributed by atoms with van der Waals surface area (Å²) in [4.78, 5) is 41.2. The molecule has 29 heavy (non-hydrogen) atoms. The molecule has 3 N–H and O–H groups in total. The zero-order valence-electron chi connectivity index (χ0n) is 16.8. The second-order valence-electron chi connectivity index (χ2n) is 7.54. The van der Waals surface area contributed by atoms with Crippen LogP contribution in [0.15, 0.2) is 22.3 Å². The summed E-state index contributed by atoms with van der Waals surface area (Å²) < 4.78 is 0. The second kappa shape index (κ2) is 9.87. The van der Waals surface area contributed by atoms with Crippen LogP contribution in [0.4, 0.5) is 0 Å². The second-order valence-corrected chi connectivity index (χ2v) is 8.52. The van der Waals surface area contributed by atoms with Gasteiger partial charge in [-0.25, -0.2) is 4.79 Å². The van der Waals surface area contributed by atoms with Gasteiger partial charge in [0.2, 0.25) is 0 Å². The number of fused-ring (bicyclic) bond motifs is 1. The van der Waals surface area contributed by atoms with Crippen molar-refractivity contribution in [3.8, 4) is 0 Å². The van der Waals surface area contributed by atoms with Gasteiger partial charge < -0.3 is 15.4 Å². The van der Waals surface area contributed by atoms with Gasteiger partial charge in [0, 0.05) is 10.6 Å². The Kier molecular flexibility index (Phi) is 7.25. The summed E-state index contributed by atoms with van der Waals surface area (Å²) >= 11 is 1.27. The van der Waals surface area contributed by atoms with E-state index >= 15 is 0 Å². The van der Waals surface area contributed by atoms with Crippen molar-refractivity contribution in [2.24, 2.45) is 0 Å². The van der Waals surface area contributed by atoms with Crippen molar-refractivity contribution in [2.45, 2.75) is 70.8 Å². The molecule has 2 aromatic rings. The maximum Gasteiger partial charge on any atom is 0.331 e. The number of unbranched alkanes of at least 4 members (excludes halogenated alkanes) is 1. The minimum Gasteiger partial charge on any atom is -0.479 e. The number of aryl methyl sites for hydroxylation is 1. The Morgan fingerprint density at radius 2 is 2.00 bits per heavy atom. The molecule has 0 bridgehead atoms. The molecule has 0 saturated heterocycles. The van der Waals surface area contributed by atoms with Crippen LogP contribution in [0.1, 0.15) is 83.5 Å². The number of rotatable bonds is 7. The first-order valence-corrected chi connectivity index (χ1v) is 11.2. The van der Waals surface area contributed by atoms with Crippen molar-refractivity contribution >= 4 is 23.2 Å². The van der Waals surface area contributed by atoms with E-state index in [1.54, 1.807) is 17.5 Å². The van der Waals surface area contributed by atoms with Crippen molar-refractivity contribution < 1.29 is 14.7 Å². The van der Waals surface area contributed by atoms with E-state index in [0.29, 0.717) is 11.3 Å². The Morgan fingerprint density at radius 3 is 2.66 bits per heavy atom. The molecule has 0 aliphatic heterocycles. The van der Waals surface area contributed by atoms with Crippen LogP contribution < -0.4 is 10.9 Å². The largest absolute Gasteiger partial charge is 0.479 e. The summed E-state index contributed by atoms with van der Waals surface area (Å²) in [5.41, 5.74) is 2.51. The van der Waals surface area contributed by atoms with E-state index in [1.165, 1.54) is 11.3 Å². The highest BCUT2D eigenvalue weighted by atomic mass is 32.1. The minimum absolute atomic E-state index is 0.0839. The summed E-state index contributed by atoms with van der Waals surface area (Å²) in [6.07, 6.45) is 8.51. The zero-order valence-corrected chi connectivity index (χ0v) is 17.6. The number of pyridine rings is 1. The third-order valence-corrected chi connectivity index (χ3v) is 6.42. The quantitative estimate of drug-likeness (QED) is 0.635. The molecule has 1 unspecified atom stereocenters. The highest BCUT2D eigenvalue weighted by Gasteiger charge is 2.28. The van der Waals surface area contributed by atoms with Crippen molar-refractivity contribution in [2.75, 3.05) is 0 Å². The predicted molar refractivity (Wildman–Crippen MR) is 114 cm³/mol. The number of carboxylic acid groups (broad SMARTS) is 1. The molecular weight excluding hydrogens is 388 g/mol. The first-order chi connectivity index (χ1) is 14.0. The van der Waals surface area contributed by atoms with Crippen molar-refractivity contribution in [1.82, 2.24) is 10.3 Å². The lowest BCUT2D eigenvalue weighted by Crippen LogP contribution is -2.38. The number of aromatic amines is 1. The highest BCUT2D eigenvalue weighted by Crippen LogP contribution is 2.25. The molecule has 2 aromatic heterocycles. The van der Waals surface area contributed by atoms with Gasteiger partial charge in [0.25, 0.3) is 11.5 Å². The predicted octanol–water partition coefficient (Wildman–Crippen LogP) is 3.99. The number of amides is 1.